The van der Waals surface area contributed by atoms with Gasteiger partial charge in [-0.15, -0.1) is 17.4 Å². The highest BCUT2D eigenvalue weighted by molar-refractivity contribution is 7.91. The maximum atomic E-state index is 12.8. The van der Waals surface area contributed by atoms with Crippen LogP contribution in [0.3, 0.4) is 0 Å². The van der Waals surface area contributed by atoms with E-state index in [1.807, 2.05) is 37.3 Å². The van der Waals surface area contributed by atoms with Gasteiger partial charge >= 0.3 is 0 Å². The van der Waals surface area contributed by atoms with Crippen LogP contribution in [0.5, 0.6) is 0 Å². The molecule has 1 atom stereocenters. The van der Waals surface area contributed by atoms with Crippen molar-refractivity contribution in [1.29, 1.82) is 0 Å². The first kappa shape index (κ1) is 18.7. The first-order valence-corrected chi connectivity index (χ1v) is 10.1. The summed E-state index contributed by atoms with van der Waals surface area (Å²) >= 11 is 0. The molecule has 5 nitrogen and oxygen atoms in total. The molecular formula is C21H19N3O2S. The molecule has 27 heavy (non-hydrogen) atoms. The third-order valence-corrected chi connectivity index (χ3v) is 6.01. The summed E-state index contributed by atoms with van der Waals surface area (Å²) in [6.45, 7) is 1.91. The summed E-state index contributed by atoms with van der Waals surface area (Å²) in [5.74, 6) is 2.18. The summed E-state index contributed by atoms with van der Waals surface area (Å²) in [6, 6.07) is 16.3. The van der Waals surface area contributed by atoms with Gasteiger partial charge < -0.3 is 0 Å². The number of terminal acetylenes is 1. The van der Waals surface area contributed by atoms with Gasteiger partial charge in [0.2, 0.25) is 0 Å². The van der Waals surface area contributed by atoms with Crippen LogP contribution in [0.1, 0.15) is 23.7 Å². The van der Waals surface area contributed by atoms with Crippen LogP contribution in [-0.2, 0) is 9.84 Å². The minimum atomic E-state index is -3.53. The largest absolute Gasteiger partial charge is 0.229 e. The topological polar surface area (TPSA) is 72.8 Å². The molecule has 0 aliphatic carbocycles. The first-order valence-electron chi connectivity index (χ1n) is 8.47. The minimum Gasteiger partial charge on any atom is -0.229 e. The van der Waals surface area contributed by atoms with Gasteiger partial charge in [-0.2, -0.15) is 5.10 Å². The van der Waals surface area contributed by atoms with E-state index >= 15 is 0 Å². The van der Waals surface area contributed by atoms with Crippen LogP contribution in [0.15, 0.2) is 65.7 Å². The van der Waals surface area contributed by atoms with Gasteiger partial charge in [-0.1, -0.05) is 48.0 Å². The van der Waals surface area contributed by atoms with E-state index in [1.54, 1.807) is 30.5 Å². The number of hydrogen-bond acceptors (Lipinski definition) is 5. The fraction of sp³-hybridized carbons (Fsp3) is 0.190. The van der Waals surface area contributed by atoms with Gasteiger partial charge in [0.25, 0.3) is 0 Å². The maximum absolute atomic E-state index is 12.8. The summed E-state index contributed by atoms with van der Waals surface area (Å²) in [5.41, 5.74) is 2.52. The predicted octanol–water partition coefficient (Wildman–Crippen LogP) is 3.43. The minimum absolute atomic E-state index is 0.166. The second-order valence-electron chi connectivity index (χ2n) is 6.27. The zero-order valence-electron chi connectivity index (χ0n) is 14.9. The number of nitrogens with zero attached hydrogens (tertiary/aromatic N) is 3. The van der Waals surface area contributed by atoms with E-state index < -0.39 is 15.8 Å². The van der Waals surface area contributed by atoms with Gasteiger partial charge in [0, 0.05) is 17.9 Å². The molecule has 0 radical (unpaired) electrons. The third kappa shape index (κ3) is 4.57. The Morgan fingerprint density at radius 2 is 1.78 bits per heavy atom. The van der Waals surface area contributed by atoms with Crippen LogP contribution < -0.4 is 0 Å². The molecular weight excluding hydrogens is 358 g/mol. The third-order valence-electron chi connectivity index (χ3n) is 4.17. The van der Waals surface area contributed by atoms with Gasteiger partial charge in [0.15, 0.2) is 15.7 Å². The average Bonchev–Trinajstić information content (AvgIpc) is 2.69. The SMILES string of the molecule is C#CCC(CS(=O)(=O)c1ccc(C)cc1)c1nncc(-c2ccccc2)n1. The van der Waals surface area contributed by atoms with Crippen molar-refractivity contribution < 1.29 is 8.42 Å². The molecule has 0 spiro atoms. The maximum Gasteiger partial charge on any atom is 0.179 e. The van der Waals surface area contributed by atoms with Gasteiger partial charge in [0.1, 0.15) is 0 Å². The average molecular weight is 377 g/mol. The zero-order valence-corrected chi connectivity index (χ0v) is 15.7. The number of hydrogen-bond donors (Lipinski definition) is 0. The van der Waals surface area contributed by atoms with Crippen LogP contribution in [-0.4, -0.2) is 29.4 Å². The van der Waals surface area contributed by atoms with Crippen LogP contribution in [0.25, 0.3) is 11.3 Å². The van der Waals surface area contributed by atoms with Crippen molar-refractivity contribution in [2.75, 3.05) is 5.75 Å². The Morgan fingerprint density at radius 3 is 2.44 bits per heavy atom. The Bertz CT molecular complexity index is 1060. The molecule has 1 unspecified atom stereocenters. The van der Waals surface area contributed by atoms with E-state index in [2.05, 4.69) is 21.1 Å². The molecule has 0 amide bonds. The fourth-order valence-electron chi connectivity index (χ4n) is 2.71. The van der Waals surface area contributed by atoms with Gasteiger partial charge in [-0.25, -0.2) is 13.4 Å². The van der Waals surface area contributed by atoms with Crippen molar-refractivity contribution in [3.63, 3.8) is 0 Å². The second-order valence-corrected chi connectivity index (χ2v) is 8.30. The Labute approximate surface area is 159 Å². The lowest BCUT2D eigenvalue weighted by Gasteiger charge is -2.14. The van der Waals surface area contributed by atoms with Crippen LogP contribution in [0.4, 0.5) is 0 Å². The molecule has 2 aromatic carbocycles. The zero-order chi connectivity index (χ0) is 19.3. The van der Waals surface area contributed by atoms with Crippen LogP contribution >= 0.6 is 0 Å². The second kappa shape index (κ2) is 8.11. The molecule has 0 N–H and O–H groups in total. The lowest BCUT2D eigenvalue weighted by molar-refractivity contribution is 0.583. The molecule has 1 aromatic heterocycles. The number of sulfone groups is 1. The van der Waals surface area contributed by atoms with Crippen LogP contribution in [0.2, 0.25) is 0 Å². The first-order chi connectivity index (χ1) is 13.0. The Morgan fingerprint density at radius 1 is 1.07 bits per heavy atom. The normalized spacial score (nSPS) is 12.3. The van der Waals surface area contributed by atoms with E-state index in [4.69, 9.17) is 6.42 Å². The number of rotatable bonds is 6. The summed E-state index contributed by atoms with van der Waals surface area (Å²) in [5, 5.41) is 8.06. The molecule has 3 rings (SSSR count). The quantitative estimate of drug-likeness (QED) is 0.616. The Kier molecular flexibility index (Phi) is 5.63. The van der Waals surface area contributed by atoms with E-state index in [1.165, 1.54) is 0 Å². The molecule has 0 aliphatic heterocycles. The standard InChI is InChI=1S/C21H19N3O2S/c1-3-7-18(15-27(25,26)19-12-10-16(2)11-13-19)21-23-20(14-22-24-21)17-8-5-4-6-9-17/h1,4-6,8-14,18H,7,15H2,2H3. The number of aromatic nitrogens is 3. The van der Waals surface area contributed by atoms with E-state index in [-0.39, 0.29) is 17.1 Å². The molecule has 0 saturated carbocycles. The molecule has 136 valence electrons. The van der Waals surface area contributed by atoms with E-state index in [0.717, 1.165) is 11.1 Å². The smallest absolute Gasteiger partial charge is 0.179 e. The van der Waals surface area contributed by atoms with Gasteiger partial charge in [-0.3, -0.25) is 0 Å². The molecule has 0 saturated heterocycles. The predicted molar refractivity (Wildman–Crippen MR) is 105 cm³/mol. The number of aryl methyl sites for hydroxylation is 1. The van der Waals surface area contributed by atoms with Gasteiger partial charge in [0.05, 0.1) is 22.5 Å². The summed E-state index contributed by atoms with van der Waals surface area (Å²) < 4.78 is 25.6. The van der Waals surface area contributed by atoms with Crippen molar-refractivity contribution in [3.8, 4) is 23.6 Å². The summed E-state index contributed by atoms with van der Waals surface area (Å²) in [4.78, 5) is 4.79. The molecule has 1 heterocycles. The lowest BCUT2D eigenvalue weighted by atomic mass is 10.1. The van der Waals surface area contributed by atoms with Crippen molar-refractivity contribution in [2.24, 2.45) is 0 Å². The highest BCUT2D eigenvalue weighted by Crippen LogP contribution is 2.24. The van der Waals surface area contributed by atoms with Crippen LogP contribution in [0, 0.1) is 19.3 Å². The molecule has 0 fully saturated rings. The molecule has 0 aliphatic rings. The monoisotopic (exact) mass is 377 g/mol. The fourth-order valence-corrected chi connectivity index (χ4v) is 4.25. The highest BCUT2D eigenvalue weighted by atomic mass is 32.2. The van der Waals surface area contributed by atoms with Crippen molar-refractivity contribution >= 4 is 9.84 Å². The number of benzene rings is 2. The highest BCUT2D eigenvalue weighted by Gasteiger charge is 2.25. The Balaban J connectivity index is 1.92. The van der Waals surface area contributed by atoms with E-state index in [9.17, 15) is 8.42 Å². The van der Waals surface area contributed by atoms with Crippen molar-refractivity contribution in [1.82, 2.24) is 15.2 Å². The molecule has 0 bridgehead atoms. The van der Waals surface area contributed by atoms with Crippen molar-refractivity contribution in [2.45, 2.75) is 24.2 Å². The molecule has 3 aromatic rings. The van der Waals surface area contributed by atoms with E-state index in [0.29, 0.717) is 11.5 Å². The summed E-state index contributed by atoms with van der Waals surface area (Å²) in [7, 11) is -3.53. The van der Waals surface area contributed by atoms with Gasteiger partial charge in [-0.05, 0) is 19.1 Å². The lowest BCUT2D eigenvalue weighted by Crippen LogP contribution is -2.18. The van der Waals surface area contributed by atoms with Crippen molar-refractivity contribution in [3.05, 3.63) is 72.2 Å². The molecule has 6 heteroatoms. The Hall–Kier alpha value is -3.04. The summed E-state index contributed by atoms with van der Waals surface area (Å²) in [6.07, 6.45) is 7.24.